The fraction of sp³-hybridized carbons (Fsp3) is 0.647. The van der Waals surface area contributed by atoms with E-state index >= 15 is 0 Å². The van der Waals surface area contributed by atoms with Gasteiger partial charge in [-0.1, -0.05) is 18.2 Å². The fourth-order valence-electron chi connectivity index (χ4n) is 2.97. The number of benzene rings is 1. The molecule has 1 aromatic carbocycles. The molecule has 1 aromatic rings. The standard InChI is InChI=1S/C17H24F3NO3/c1-23-16-7-3-2-5-13(16)11-24-12-15(22)10-21-8-4-6-14(9-21)17(18,19)20/h2-3,5,7,14-15,22H,4,6,8-12H2,1H3. The third kappa shape index (κ3) is 5.65. The van der Waals surface area contributed by atoms with E-state index in [9.17, 15) is 18.3 Å². The predicted octanol–water partition coefficient (Wildman–Crippen LogP) is 2.85. The van der Waals surface area contributed by atoms with Gasteiger partial charge in [-0.15, -0.1) is 0 Å². The Bertz CT molecular complexity index is 510. The first kappa shape index (κ1) is 19.0. The summed E-state index contributed by atoms with van der Waals surface area (Å²) in [5.74, 6) is -0.594. The normalized spacial score (nSPS) is 20.8. The molecular weight excluding hydrogens is 323 g/mol. The van der Waals surface area contributed by atoms with Crippen molar-refractivity contribution in [2.75, 3.05) is 33.4 Å². The van der Waals surface area contributed by atoms with Crippen molar-refractivity contribution in [3.05, 3.63) is 29.8 Å². The molecule has 0 bridgehead atoms. The summed E-state index contributed by atoms with van der Waals surface area (Å²) < 4.78 is 49.1. The number of β-amino-alcohol motifs (C(OH)–C–C–N with tert-alkyl or cyclic N) is 1. The van der Waals surface area contributed by atoms with Crippen LogP contribution >= 0.6 is 0 Å². The maximum Gasteiger partial charge on any atom is 0.393 e. The molecule has 0 amide bonds. The number of hydrogen-bond acceptors (Lipinski definition) is 4. The van der Waals surface area contributed by atoms with Gasteiger partial charge in [0, 0.05) is 18.7 Å². The fourth-order valence-corrected chi connectivity index (χ4v) is 2.97. The molecule has 0 saturated carbocycles. The van der Waals surface area contributed by atoms with Crippen molar-refractivity contribution in [3.8, 4) is 5.75 Å². The number of ether oxygens (including phenoxy) is 2. The molecule has 2 unspecified atom stereocenters. The van der Waals surface area contributed by atoms with Crippen molar-refractivity contribution in [2.24, 2.45) is 5.92 Å². The van der Waals surface area contributed by atoms with Crippen molar-refractivity contribution < 1.29 is 27.8 Å². The molecule has 0 aromatic heterocycles. The highest BCUT2D eigenvalue weighted by Gasteiger charge is 2.41. The average molecular weight is 347 g/mol. The Kier molecular flexibility index (Phi) is 6.89. The van der Waals surface area contributed by atoms with Gasteiger partial charge in [-0.25, -0.2) is 0 Å². The van der Waals surface area contributed by atoms with E-state index in [0.29, 0.717) is 18.7 Å². The number of rotatable bonds is 7. The SMILES string of the molecule is COc1ccccc1COCC(O)CN1CCCC(C(F)(F)F)C1. The van der Waals surface area contributed by atoms with Gasteiger partial charge < -0.3 is 19.5 Å². The molecule has 7 heteroatoms. The van der Waals surface area contributed by atoms with Crippen molar-refractivity contribution in [2.45, 2.75) is 31.7 Å². The lowest BCUT2D eigenvalue weighted by Crippen LogP contribution is -2.45. The van der Waals surface area contributed by atoms with Gasteiger partial charge >= 0.3 is 6.18 Å². The van der Waals surface area contributed by atoms with Gasteiger partial charge in [0.25, 0.3) is 0 Å². The number of aliphatic hydroxyl groups is 1. The summed E-state index contributed by atoms with van der Waals surface area (Å²) in [5, 5.41) is 10.0. The first-order chi connectivity index (χ1) is 11.4. The second kappa shape index (κ2) is 8.69. The maximum absolute atomic E-state index is 12.8. The molecule has 1 N–H and O–H groups in total. The van der Waals surface area contributed by atoms with Crippen LogP contribution < -0.4 is 4.74 Å². The minimum atomic E-state index is -4.16. The monoisotopic (exact) mass is 347 g/mol. The number of hydrogen-bond donors (Lipinski definition) is 1. The van der Waals surface area contributed by atoms with Crippen LogP contribution in [0.15, 0.2) is 24.3 Å². The molecule has 0 aliphatic carbocycles. The van der Waals surface area contributed by atoms with Gasteiger partial charge in [-0.2, -0.15) is 13.2 Å². The first-order valence-corrected chi connectivity index (χ1v) is 8.07. The van der Waals surface area contributed by atoms with E-state index in [1.165, 1.54) is 0 Å². The largest absolute Gasteiger partial charge is 0.496 e. The number of piperidine rings is 1. The first-order valence-electron chi connectivity index (χ1n) is 8.07. The molecule has 1 saturated heterocycles. The summed E-state index contributed by atoms with van der Waals surface area (Å²) in [5.41, 5.74) is 0.863. The Morgan fingerprint density at radius 2 is 2.08 bits per heavy atom. The number of alkyl halides is 3. The summed E-state index contributed by atoms with van der Waals surface area (Å²) in [6.07, 6.45) is -4.31. The van der Waals surface area contributed by atoms with E-state index < -0.39 is 18.2 Å². The number of nitrogens with zero attached hydrogens (tertiary/aromatic N) is 1. The average Bonchev–Trinajstić information content (AvgIpc) is 2.55. The van der Waals surface area contributed by atoms with Crippen LogP contribution in [0.2, 0.25) is 0 Å². The highest BCUT2D eigenvalue weighted by atomic mass is 19.4. The Labute approximate surface area is 140 Å². The van der Waals surface area contributed by atoms with E-state index in [1.54, 1.807) is 12.0 Å². The molecule has 1 aliphatic rings. The highest BCUT2D eigenvalue weighted by Crippen LogP contribution is 2.33. The van der Waals surface area contributed by atoms with E-state index in [0.717, 1.165) is 5.56 Å². The topological polar surface area (TPSA) is 41.9 Å². The second-order valence-corrected chi connectivity index (χ2v) is 6.12. The Hall–Kier alpha value is -1.31. The Morgan fingerprint density at radius 3 is 2.79 bits per heavy atom. The summed E-state index contributed by atoms with van der Waals surface area (Å²) >= 11 is 0. The summed E-state index contributed by atoms with van der Waals surface area (Å²) in [6, 6.07) is 7.40. The highest BCUT2D eigenvalue weighted by molar-refractivity contribution is 5.32. The Morgan fingerprint density at radius 1 is 1.33 bits per heavy atom. The number of para-hydroxylation sites is 1. The summed E-state index contributed by atoms with van der Waals surface area (Å²) in [7, 11) is 1.57. The van der Waals surface area contributed by atoms with Crippen LogP contribution in [0, 0.1) is 5.92 Å². The van der Waals surface area contributed by atoms with Crippen LogP contribution in [0.1, 0.15) is 18.4 Å². The van der Waals surface area contributed by atoms with Gasteiger partial charge in [0.15, 0.2) is 0 Å². The zero-order chi connectivity index (χ0) is 17.6. The molecule has 24 heavy (non-hydrogen) atoms. The molecule has 0 spiro atoms. The summed E-state index contributed by atoms with van der Waals surface area (Å²) in [4.78, 5) is 1.67. The molecule has 0 radical (unpaired) electrons. The van der Waals surface area contributed by atoms with E-state index in [2.05, 4.69) is 0 Å². The lowest BCUT2D eigenvalue weighted by atomic mass is 9.97. The van der Waals surface area contributed by atoms with Crippen molar-refractivity contribution in [3.63, 3.8) is 0 Å². The summed E-state index contributed by atoms with van der Waals surface area (Å²) in [6.45, 7) is 1.08. The molecule has 2 atom stereocenters. The maximum atomic E-state index is 12.8. The van der Waals surface area contributed by atoms with Gasteiger partial charge in [0.05, 0.1) is 32.3 Å². The van der Waals surface area contributed by atoms with Crippen LogP contribution in [-0.2, 0) is 11.3 Å². The number of methoxy groups -OCH3 is 1. The lowest BCUT2D eigenvalue weighted by molar-refractivity contribution is -0.187. The zero-order valence-electron chi connectivity index (χ0n) is 13.8. The van der Waals surface area contributed by atoms with Crippen molar-refractivity contribution >= 4 is 0 Å². The minimum Gasteiger partial charge on any atom is -0.496 e. The van der Waals surface area contributed by atoms with E-state index in [4.69, 9.17) is 9.47 Å². The van der Waals surface area contributed by atoms with Gasteiger partial charge in [0.1, 0.15) is 5.75 Å². The molecule has 1 fully saturated rings. The molecule has 4 nitrogen and oxygen atoms in total. The van der Waals surface area contributed by atoms with E-state index in [-0.39, 0.29) is 32.7 Å². The molecular formula is C17H24F3NO3. The van der Waals surface area contributed by atoms with Crippen LogP contribution in [0.4, 0.5) is 13.2 Å². The molecule has 2 rings (SSSR count). The van der Waals surface area contributed by atoms with Gasteiger partial charge in [-0.05, 0) is 25.5 Å². The third-order valence-corrected chi connectivity index (χ3v) is 4.20. The van der Waals surface area contributed by atoms with Crippen LogP contribution in [0.25, 0.3) is 0 Å². The number of halogens is 3. The van der Waals surface area contributed by atoms with Crippen molar-refractivity contribution in [1.82, 2.24) is 4.90 Å². The van der Waals surface area contributed by atoms with Crippen LogP contribution in [-0.4, -0.2) is 55.6 Å². The number of likely N-dealkylation sites (tertiary alicyclic amines) is 1. The minimum absolute atomic E-state index is 0.0485. The molecule has 1 heterocycles. The van der Waals surface area contributed by atoms with Gasteiger partial charge in [-0.3, -0.25) is 0 Å². The number of aliphatic hydroxyl groups excluding tert-OH is 1. The zero-order valence-corrected chi connectivity index (χ0v) is 13.8. The van der Waals surface area contributed by atoms with E-state index in [1.807, 2.05) is 24.3 Å². The smallest absolute Gasteiger partial charge is 0.393 e. The van der Waals surface area contributed by atoms with Gasteiger partial charge in [0.2, 0.25) is 0 Å². The third-order valence-electron chi connectivity index (χ3n) is 4.20. The quantitative estimate of drug-likeness (QED) is 0.824. The van der Waals surface area contributed by atoms with Crippen LogP contribution in [0.3, 0.4) is 0 Å². The molecule has 1 aliphatic heterocycles. The molecule has 136 valence electrons. The second-order valence-electron chi connectivity index (χ2n) is 6.12. The predicted molar refractivity (Wildman–Crippen MR) is 83.9 cm³/mol. The van der Waals surface area contributed by atoms with Crippen LogP contribution in [0.5, 0.6) is 5.75 Å². The lowest BCUT2D eigenvalue weighted by Gasteiger charge is -2.34. The van der Waals surface area contributed by atoms with Crippen molar-refractivity contribution in [1.29, 1.82) is 0 Å². The Balaban J connectivity index is 1.74.